The number of hydrogen-bond acceptors (Lipinski definition) is 3. The third-order valence-corrected chi connectivity index (χ3v) is 2.56. The van der Waals surface area contributed by atoms with Crippen LogP contribution in [0, 0.1) is 0 Å². The maximum atomic E-state index is 10.6. The van der Waals surface area contributed by atoms with Crippen molar-refractivity contribution < 1.29 is 14.2 Å². The molecule has 0 aromatic carbocycles. The van der Waals surface area contributed by atoms with Crippen molar-refractivity contribution in [3.63, 3.8) is 0 Å². The fourth-order valence-corrected chi connectivity index (χ4v) is 1.04. The highest BCUT2D eigenvalue weighted by atomic mass is 32.1. The molecule has 0 spiro atoms. The predicted molar refractivity (Wildman–Crippen MR) is 60.4 cm³/mol. The first-order valence-corrected chi connectivity index (χ1v) is 5.88. The second-order valence-electron chi connectivity index (χ2n) is 2.80. The molecule has 0 fully saturated rings. The Kier molecular flexibility index (Phi) is 6.62. The zero-order valence-corrected chi connectivity index (χ0v) is 10.2. The van der Waals surface area contributed by atoms with Gasteiger partial charge in [-0.25, -0.2) is 0 Å². The molecule has 0 aromatic heterocycles. The molecule has 6 heteroatoms. The van der Waals surface area contributed by atoms with Crippen molar-refractivity contribution in [2.24, 2.45) is 0 Å². The van der Waals surface area contributed by atoms with Gasteiger partial charge in [-0.05, 0) is 30.6 Å². The Balaban J connectivity index is 3.82. The van der Waals surface area contributed by atoms with Crippen LogP contribution in [0.15, 0.2) is 11.6 Å². The van der Waals surface area contributed by atoms with E-state index in [0.29, 0.717) is 6.54 Å². The van der Waals surface area contributed by atoms with Gasteiger partial charge in [0.25, 0.3) is 5.17 Å². The zero-order chi connectivity index (χ0) is 11.1. The SMILES string of the molecule is C/C=C(\C)CNC(=S)OC(C)[P+](=O)O. The Bertz CT molecular complexity index is 255. The van der Waals surface area contributed by atoms with Crippen LogP contribution in [0.4, 0.5) is 0 Å². The van der Waals surface area contributed by atoms with E-state index in [1.54, 1.807) is 0 Å². The smallest absolute Gasteiger partial charge is 0.419 e. The molecule has 0 radical (unpaired) electrons. The Hall–Kier alpha value is -0.510. The molecule has 0 rings (SSSR count). The maximum absolute atomic E-state index is 10.6. The average Bonchev–Trinajstić information content (AvgIpc) is 2.13. The molecule has 2 unspecified atom stereocenters. The van der Waals surface area contributed by atoms with Crippen LogP contribution in [0.25, 0.3) is 0 Å². The molecule has 0 aliphatic carbocycles. The molecule has 0 bridgehead atoms. The monoisotopic (exact) mass is 236 g/mol. The number of rotatable bonds is 4. The molecule has 0 saturated heterocycles. The highest BCUT2D eigenvalue weighted by molar-refractivity contribution is 7.80. The van der Waals surface area contributed by atoms with Gasteiger partial charge in [0.2, 0.25) is 0 Å². The van der Waals surface area contributed by atoms with Crippen molar-refractivity contribution in [1.82, 2.24) is 5.32 Å². The molecule has 4 nitrogen and oxygen atoms in total. The third-order valence-electron chi connectivity index (χ3n) is 1.59. The number of ether oxygens (including phenoxy) is 1. The zero-order valence-electron chi connectivity index (χ0n) is 8.48. The summed E-state index contributed by atoms with van der Waals surface area (Å²) in [6, 6.07) is 0. The fourth-order valence-electron chi connectivity index (χ4n) is 0.555. The largest absolute Gasteiger partial charge is 0.550 e. The topological polar surface area (TPSA) is 58.6 Å². The minimum absolute atomic E-state index is 0.149. The number of hydrogen-bond donors (Lipinski definition) is 2. The maximum Gasteiger partial charge on any atom is 0.550 e. The molecule has 0 saturated carbocycles. The van der Waals surface area contributed by atoms with Crippen LogP contribution in [0.3, 0.4) is 0 Å². The Morgan fingerprint density at radius 2 is 2.36 bits per heavy atom. The van der Waals surface area contributed by atoms with Gasteiger partial charge >= 0.3 is 13.9 Å². The Morgan fingerprint density at radius 1 is 1.79 bits per heavy atom. The van der Waals surface area contributed by atoms with Crippen molar-refractivity contribution in [1.29, 1.82) is 0 Å². The van der Waals surface area contributed by atoms with Crippen molar-refractivity contribution >= 4 is 25.4 Å². The molecule has 80 valence electrons. The summed E-state index contributed by atoms with van der Waals surface area (Å²) >= 11 is 4.82. The first kappa shape index (κ1) is 13.5. The van der Waals surface area contributed by atoms with Crippen molar-refractivity contribution in [3.05, 3.63) is 11.6 Å². The standard InChI is InChI=1S/C8H14NO3PS/c1-4-6(2)5-9-8(14)12-7(3)13(10)11/h4,7H,5H2,1-3H3,(H-,9,10,11,14)/p+1/b6-4+. The highest BCUT2D eigenvalue weighted by Gasteiger charge is 2.25. The van der Waals surface area contributed by atoms with E-state index >= 15 is 0 Å². The van der Waals surface area contributed by atoms with Crippen molar-refractivity contribution in [2.75, 3.05) is 6.54 Å². The van der Waals surface area contributed by atoms with Gasteiger partial charge in [0.1, 0.15) is 0 Å². The van der Waals surface area contributed by atoms with Gasteiger partial charge in [-0.1, -0.05) is 11.6 Å². The van der Waals surface area contributed by atoms with Crippen LogP contribution in [0.5, 0.6) is 0 Å². The van der Waals surface area contributed by atoms with Crippen LogP contribution in [-0.2, 0) is 9.30 Å². The number of nitrogens with one attached hydrogen (secondary N) is 1. The van der Waals surface area contributed by atoms with E-state index < -0.39 is 13.9 Å². The second-order valence-corrected chi connectivity index (χ2v) is 4.50. The summed E-state index contributed by atoms with van der Waals surface area (Å²) < 4.78 is 15.5. The van der Waals surface area contributed by atoms with Crippen molar-refractivity contribution in [2.45, 2.75) is 26.6 Å². The van der Waals surface area contributed by atoms with E-state index in [1.807, 2.05) is 19.9 Å². The van der Waals surface area contributed by atoms with Gasteiger partial charge in [-0.3, -0.25) is 0 Å². The quantitative estimate of drug-likeness (QED) is 0.443. The van der Waals surface area contributed by atoms with Crippen LogP contribution in [0.1, 0.15) is 20.8 Å². The first-order valence-electron chi connectivity index (χ1n) is 4.19. The summed E-state index contributed by atoms with van der Waals surface area (Å²) in [4.78, 5) is 8.68. The van der Waals surface area contributed by atoms with Crippen LogP contribution in [0.2, 0.25) is 0 Å². The molecule has 0 amide bonds. The molecule has 2 N–H and O–H groups in total. The Morgan fingerprint density at radius 3 is 2.79 bits per heavy atom. The van der Waals surface area contributed by atoms with E-state index in [2.05, 4.69) is 5.32 Å². The van der Waals surface area contributed by atoms with E-state index in [4.69, 9.17) is 21.8 Å². The molecule has 0 aromatic rings. The molecule has 0 heterocycles. The number of thiocarbonyl (C=S) groups is 1. The van der Waals surface area contributed by atoms with E-state index in [9.17, 15) is 4.57 Å². The second kappa shape index (κ2) is 6.87. The van der Waals surface area contributed by atoms with Gasteiger partial charge in [-0.15, -0.1) is 0 Å². The summed E-state index contributed by atoms with van der Waals surface area (Å²) in [5, 5.41) is 2.97. The van der Waals surface area contributed by atoms with E-state index in [1.165, 1.54) is 6.92 Å². The molecular formula is C8H15NO3PS+. The van der Waals surface area contributed by atoms with Gasteiger partial charge in [0.15, 0.2) is 0 Å². The lowest BCUT2D eigenvalue weighted by Crippen LogP contribution is -2.27. The van der Waals surface area contributed by atoms with Gasteiger partial charge in [0.05, 0.1) is 0 Å². The average molecular weight is 236 g/mol. The van der Waals surface area contributed by atoms with Crippen LogP contribution in [-0.4, -0.2) is 22.5 Å². The lowest BCUT2D eigenvalue weighted by Gasteiger charge is -2.08. The minimum atomic E-state index is -2.34. The minimum Gasteiger partial charge on any atom is -0.419 e. The summed E-state index contributed by atoms with van der Waals surface area (Å²) in [6.07, 6.45) is 1.95. The van der Waals surface area contributed by atoms with Gasteiger partial charge in [0, 0.05) is 13.5 Å². The van der Waals surface area contributed by atoms with Gasteiger partial charge in [-0.2, -0.15) is 4.89 Å². The summed E-state index contributed by atoms with van der Waals surface area (Å²) in [5.74, 6) is -0.768. The lowest BCUT2D eigenvalue weighted by atomic mass is 10.3. The molecule has 2 atom stereocenters. The van der Waals surface area contributed by atoms with Crippen LogP contribution < -0.4 is 5.32 Å². The Labute approximate surface area is 90.2 Å². The van der Waals surface area contributed by atoms with Crippen LogP contribution >= 0.6 is 20.2 Å². The predicted octanol–water partition coefficient (Wildman–Crippen LogP) is 1.92. The summed E-state index contributed by atoms with van der Waals surface area (Å²) in [7, 11) is -2.34. The molecule has 0 aliphatic heterocycles. The normalized spacial score (nSPS) is 14.6. The molecule has 0 aliphatic rings. The first-order chi connectivity index (χ1) is 6.47. The molecule has 14 heavy (non-hydrogen) atoms. The number of allylic oxidation sites excluding steroid dienone is 1. The lowest BCUT2D eigenvalue weighted by molar-refractivity contribution is 0.263. The summed E-state index contributed by atoms with van der Waals surface area (Å²) in [5.41, 5.74) is 1.12. The third kappa shape index (κ3) is 6.02. The fraction of sp³-hybridized carbons (Fsp3) is 0.625. The van der Waals surface area contributed by atoms with Crippen molar-refractivity contribution in [3.8, 4) is 0 Å². The highest BCUT2D eigenvalue weighted by Crippen LogP contribution is 2.22. The summed E-state index contributed by atoms with van der Waals surface area (Å²) in [6.45, 7) is 5.96. The van der Waals surface area contributed by atoms with E-state index in [-0.39, 0.29) is 5.17 Å². The molecular weight excluding hydrogens is 221 g/mol. The van der Waals surface area contributed by atoms with Gasteiger partial charge < -0.3 is 10.1 Å². The van der Waals surface area contributed by atoms with E-state index in [0.717, 1.165) is 5.57 Å².